The molecule has 0 saturated carbocycles. The van der Waals surface area contributed by atoms with Crippen LogP contribution in [0.25, 0.3) is 0 Å². The average molecular weight is 288 g/mol. The Hall–Kier alpha value is -1.62. The van der Waals surface area contributed by atoms with Crippen molar-refractivity contribution >= 4 is 11.7 Å². The number of amides is 1. The number of aromatic nitrogens is 1. The summed E-state index contributed by atoms with van der Waals surface area (Å²) in [4.78, 5) is 19.0. The smallest absolute Gasteiger partial charge is 0.252 e. The van der Waals surface area contributed by atoms with Crippen molar-refractivity contribution in [2.24, 2.45) is 5.73 Å². The van der Waals surface area contributed by atoms with E-state index in [-0.39, 0.29) is 5.91 Å². The molecule has 0 aromatic carbocycles. The largest absolute Gasteiger partial charge is 0.365 e. The van der Waals surface area contributed by atoms with E-state index >= 15 is 0 Å². The van der Waals surface area contributed by atoms with Crippen molar-refractivity contribution in [3.05, 3.63) is 22.9 Å². The molecule has 1 aliphatic heterocycles. The normalized spacial score (nSPS) is 20.5. The van der Waals surface area contributed by atoms with Gasteiger partial charge in [-0.2, -0.15) is 0 Å². The molecule has 1 atom stereocenters. The number of anilines is 1. The lowest BCUT2D eigenvalue weighted by atomic mass is 10.1. The second kappa shape index (κ2) is 6.02. The van der Waals surface area contributed by atoms with Gasteiger partial charge in [-0.15, -0.1) is 0 Å². The fraction of sp³-hybridized carbons (Fsp3) is 0.625. The molecule has 1 amide bonds. The molecule has 114 valence electrons. The fourth-order valence-electron chi connectivity index (χ4n) is 3.47. The predicted molar refractivity (Wildman–Crippen MR) is 83.7 cm³/mol. The Bertz CT molecular complexity index is 537. The van der Waals surface area contributed by atoms with Gasteiger partial charge in [-0.3, -0.25) is 4.79 Å². The number of carbonyl (C=O) groups is 1. The quantitative estimate of drug-likeness (QED) is 0.855. The van der Waals surface area contributed by atoms with Crippen LogP contribution in [0.3, 0.4) is 0 Å². The van der Waals surface area contributed by atoms with E-state index in [1.165, 1.54) is 5.56 Å². The lowest BCUT2D eigenvalue weighted by molar-refractivity contribution is 0.1000. The van der Waals surface area contributed by atoms with Gasteiger partial charge in [0.25, 0.3) is 5.91 Å². The van der Waals surface area contributed by atoms with Crippen LogP contribution in [0.2, 0.25) is 0 Å². The van der Waals surface area contributed by atoms with E-state index in [0.29, 0.717) is 11.6 Å². The second-order valence-corrected chi connectivity index (χ2v) is 6.02. The number of nitrogens with one attached hydrogen (secondary N) is 1. The third kappa shape index (κ3) is 2.75. The van der Waals surface area contributed by atoms with E-state index in [4.69, 9.17) is 10.7 Å². The molecule has 5 nitrogen and oxygen atoms in total. The maximum atomic E-state index is 11.9. The Balaban J connectivity index is 2.02. The van der Waals surface area contributed by atoms with Crippen molar-refractivity contribution in [3.63, 3.8) is 0 Å². The van der Waals surface area contributed by atoms with Gasteiger partial charge in [0.1, 0.15) is 5.82 Å². The molecule has 1 aromatic rings. The Labute approximate surface area is 125 Å². The summed E-state index contributed by atoms with van der Waals surface area (Å²) in [5, 5.41) is 3.40. The van der Waals surface area contributed by atoms with Crippen molar-refractivity contribution in [3.8, 4) is 0 Å². The average Bonchev–Trinajstić information content (AvgIpc) is 3.14. The van der Waals surface area contributed by atoms with Gasteiger partial charge in [0.05, 0.1) is 5.56 Å². The molecule has 21 heavy (non-hydrogen) atoms. The minimum Gasteiger partial charge on any atom is -0.365 e. The molecular weight excluding hydrogens is 264 g/mol. The lowest BCUT2D eigenvalue weighted by Gasteiger charge is -2.31. The summed E-state index contributed by atoms with van der Waals surface area (Å²) in [6.07, 6.45) is 5.29. The molecular formula is C16H24N4O. The van der Waals surface area contributed by atoms with Crippen LogP contribution in [-0.2, 0) is 12.8 Å². The van der Waals surface area contributed by atoms with Gasteiger partial charge in [-0.1, -0.05) is 6.92 Å². The first-order chi connectivity index (χ1) is 10.2. The minimum absolute atomic E-state index is 0.362. The standard InChI is InChI=1S/C16H24N4O/c1-2-8-20(12-6-7-18-10-12)16-13(15(17)21)9-11-4-3-5-14(11)19-16/h9,12,18H,2-8,10H2,1H3,(H2,17,21). The fourth-order valence-corrected chi connectivity index (χ4v) is 3.47. The molecule has 2 aliphatic rings. The van der Waals surface area contributed by atoms with Crippen LogP contribution in [0, 0.1) is 0 Å². The zero-order chi connectivity index (χ0) is 14.8. The molecule has 1 aromatic heterocycles. The van der Waals surface area contributed by atoms with Crippen molar-refractivity contribution in [1.29, 1.82) is 0 Å². The van der Waals surface area contributed by atoms with Crippen LogP contribution in [0.1, 0.15) is 47.8 Å². The van der Waals surface area contributed by atoms with Crippen LogP contribution in [0.4, 0.5) is 5.82 Å². The van der Waals surface area contributed by atoms with Crippen molar-refractivity contribution in [2.45, 2.75) is 45.1 Å². The van der Waals surface area contributed by atoms with Gasteiger partial charge < -0.3 is 16.0 Å². The number of aryl methyl sites for hydroxylation is 2. The van der Waals surface area contributed by atoms with Gasteiger partial charge in [-0.25, -0.2) is 4.98 Å². The SMILES string of the molecule is CCCN(c1nc2c(cc1C(N)=O)CCC2)C1CCNC1. The van der Waals surface area contributed by atoms with Crippen LogP contribution >= 0.6 is 0 Å². The van der Waals surface area contributed by atoms with Crippen LogP contribution in [0.5, 0.6) is 0 Å². The molecule has 0 bridgehead atoms. The van der Waals surface area contributed by atoms with Gasteiger partial charge in [-0.05, 0) is 50.3 Å². The maximum absolute atomic E-state index is 11.9. The highest BCUT2D eigenvalue weighted by Gasteiger charge is 2.28. The van der Waals surface area contributed by atoms with Gasteiger partial charge >= 0.3 is 0 Å². The molecule has 2 heterocycles. The highest BCUT2D eigenvalue weighted by Crippen LogP contribution is 2.29. The molecule has 0 spiro atoms. The van der Waals surface area contributed by atoms with Gasteiger partial charge in [0, 0.05) is 24.8 Å². The molecule has 3 N–H and O–H groups in total. The number of nitrogens with zero attached hydrogens (tertiary/aromatic N) is 2. The maximum Gasteiger partial charge on any atom is 0.252 e. The zero-order valence-corrected chi connectivity index (χ0v) is 12.7. The molecule has 1 fully saturated rings. The summed E-state index contributed by atoms with van der Waals surface area (Å²) >= 11 is 0. The van der Waals surface area contributed by atoms with Crippen LogP contribution in [-0.4, -0.2) is 36.6 Å². The minimum atomic E-state index is -0.362. The number of pyridine rings is 1. The number of fused-ring (bicyclic) bond motifs is 1. The summed E-state index contributed by atoms with van der Waals surface area (Å²) in [6.45, 7) is 5.06. The molecule has 0 radical (unpaired) electrons. The van der Waals surface area contributed by atoms with Gasteiger partial charge in [0.2, 0.25) is 0 Å². The number of primary amides is 1. The number of hydrogen-bond donors (Lipinski definition) is 2. The number of hydrogen-bond acceptors (Lipinski definition) is 4. The lowest BCUT2D eigenvalue weighted by Crippen LogP contribution is -2.39. The highest BCUT2D eigenvalue weighted by molar-refractivity contribution is 5.98. The Kier molecular flexibility index (Phi) is 4.10. The van der Waals surface area contributed by atoms with E-state index in [0.717, 1.165) is 63.3 Å². The van der Waals surface area contributed by atoms with Crippen LogP contribution in [0.15, 0.2) is 6.07 Å². The number of rotatable bonds is 5. The first-order valence-corrected chi connectivity index (χ1v) is 8.00. The second-order valence-electron chi connectivity index (χ2n) is 6.02. The van der Waals surface area contributed by atoms with E-state index < -0.39 is 0 Å². The van der Waals surface area contributed by atoms with Crippen LogP contribution < -0.4 is 16.0 Å². The predicted octanol–water partition coefficient (Wildman–Crippen LogP) is 1.25. The first kappa shape index (κ1) is 14.3. The monoisotopic (exact) mass is 288 g/mol. The first-order valence-electron chi connectivity index (χ1n) is 8.00. The summed E-state index contributed by atoms with van der Waals surface area (Å²) in [7, 11) is 0. The highest BCUT2D eigenvalue weighted by atomic mass is 16.1. The Morgan fingerprint density at radius 2 is 2.38 bits per heavy atom. The van der Waals surface area contributed by atoms with E-state index in [1.54, 1.807) is 0 Å². The van der Waals surface area contributed by atoms with E-state index in [1.807, 2.05) is 6.07 Å². The zero-order valence-electron chi connectivity index (χ0n) is 12.7. The molecule has 3 rings (SSSR count). The Morgan fingerprint density at radius 3 is 3.05 bits per heavy atom. The molecule has 1 aliphatic carbocycles. The number of carbonyl (C=O) groups excluding carboxylic acids is 1. The third-order valence-electron chi connectivity index (χ3n) is 4.51. The summed E-state index contributed by atoms with van der Waals surface area (Å²) in [5.74, 6) is 0.443. The molecule has 5 heteroatoms. The van der Waals surface area contributed by atoms with Crippen molar-refractivity contribution < 1.29 is 4.79 Å². The number of nitrogens with two attached hydrogens (primary N) is 1. The molecule has 1 unspecified atom stereocenters. The van der Waals surface area contributed by atoms with E-state index in [9.17, 15) is 4.79 Å². The molecule has 1 saturated heterocycles. The van der Waals surface area contributed by atoms with Crippen molar-refractivity contribution in [2.75, 3.05) is 24.5 Å². The topological polar surface area (TPSA) is 71.2 Å². The van der Waals surface area contributed by atoms with Crippen molar-refractivity contribution in [1.82, 2.24) is 10.3 Å². The van der Waals surface area contributed by atoms with E-state index in [2.05, 4.69) is 17.1 Å². The third-order valence-corrected chi connectivity index (χ3v) is 4.51. The summed E-state index contributed by atoms with van der Waals surface area (Å²) in [6, 6.07) is 2.40. The summed E-state index contributed by atoms with van der Waals surface area (Å²) in [5.41, 5.74) is 8.57. The van der Waals surface area contributed by atoms with Gasteiger partial charge in [0.15, 0.2) is 0 Å². The summed E-state index contributed by atoms with van der Waals surface area (Å²) < 4.78 is 0. The Morgan fingerprint density at radius 1 is 1.52 bits per heavy atom.